The number of carboxylic acid groups (broad SMARTS) is 1. The Morgan fingerprint density at radius 1 is 1.35 bits per heavy atom. The maximum atomic E-state index is 13.3. The topological polar surface area (TPSA) is 171 Å². The fraction of sp³-hybridized carbons (Fsp3) is 0.632. The standard InChI is InChI=1S/C19H30N6O5S/c1-11(20)16(26)24-14(8-12-9-21-10-22-12)18(28)25-6-3-4-15(25)17(27)23-13(19(29)30)5-7-31-2/h9-11,13-15H,3-8,20H2,1-2H3,(H,21,22)(H,23,27)(H,24,26)(H,29,30). The Bertz CT molecular complexity index is 772. The van der Waals surface area contributed by atoms with E-state index in [1.165, 1.54) is 29.9 Å². The molecule has 0 saturated carbocycles. The number of hydrogen-bond acceptors (Lipinski definition) is 7. The molecule has 31 heavy (non-hydrogen) atoms. The van der Waals surface area contributed by atoms with E-state index in [2.05, 4.69) is 20.6 Å². The van der Waals surface area contributed by atoms with Crippen LogP contribution >= 0.6 is 11.8 Å². The normalized spacial score (nSPS) is 18.8. The van der Waals surface area contributed by atoms with Crippen LogP contribution in [0.1, 0.15) is 31.9 Å². The molecule has 0 aromatic carbocycles. The molecule has 1 fully saturated rings. The molecule has 0 radical (unpaired) electrons. The van der Waals surface area contributed by atoms with Crippen LogP contribution in [0.3, 0.4) is 0 Å². The van der Waals surface area contributed by atoms with Crippen molar-refractivity contribution in [2.24, 2.45) is 5.73 Å². The molecule has 6 N–H and O–H groups in total. The van der Waals surface area contributed by atoms with E-state index >= 15 is 0 Å². The summed E-state index contributed by atoms with van der Waals surface area (Å²) in [7, 11) is 0. The third kappa shape index (κ3) is 6.96. The van der Waals surface area contributed by atoms with Crippen LogP contribution in [-0.4, -0.2) is 86.4 Å². The van der Waals surface area contributed by atoms with Gasteiger partial charge in [-0.05, 0) is 38.2 Å². The smallest absolute Gasteiger partial charge is 0.326 e. The zero-order valence-electron chi connectivity index (χ0n) is 17.7. The number of thioether (sulfide) groups is 1. The molecule has 0 spiro atoms. The third-order valence-electron chi connectivity index (χ3n) is 5.07. The number of likely N-dealkylation sites (tertiary alicyclic amines) is 1. The van der Waals surface area contributed by atoms with E-state index in [4.69, 9.17) is 5.73 Å². The van der Waals surface area contributed by atoms with Gasteiger partial charge in [0.25, 0.3) is 0 Å². The van der Waals surface area contributed by atoms with Gasteiger partial charge in [-0.15, -0.1) is 0 Å². The minimum absolute atomic E-state index is 0.160. The van der Waals surface area contributed by atoms with Crippen LogP contribution in [-0.2, 0) is 25.6 Å². The van der Waals surface area contributed by atoms with Crippen molar-refractivity contribution in [2.45, 2.75) is 56.8 Å². The lowest BCUT2D eigenvalue weighted by atomic mass is 10.1. The number of nitrogens with one attached hydrogen (secondary N) is 3. The van der Waals surface area contributed by atoms with E-state index in [-0.39, 0.29) is 12.8 Å². The SMILES string of the molecule is CSCCC(NC(=O)C1CCCN1C(=O)C(Cc1cnc[nH]1)NC(=O)C(C)N)C(=O)O. The van der Waals surface area contributed by atoms with Crippen molar-refractivity contribution in [3.63, 3.8) is 0 Å². The van der Waals surface area contributed by atoms with Crippen LogP contribution < -0.4 is 16.4 Å². The number of carbonyl (C=O) groups is 4. The molecule has 2 heterocycles. The van der Waals surface area contributed by atoms with Gasteiger partial charge in [-0.3, -0.25) is 14.4 Å². The van der Waals surface area contributed by atoms with Gasteiger partial charge in [-0.1, -0.05) is 0 Å². The fourth-order valence-corrected chi connectivity index (χ4v) is 3.86. The van der Waals surface area contributed by atoms with Crippen LogP contribution in [0.5, 0.6) is 0 Å². The molecule has 4 atom stereocenters. The molecule has 0 aliphatic carbocycles. The van der Waals surface area contributed by atoms with E-state index < -0.39 is 47.9 Å². The number of H-pyrrole nitrogens is 1. The minimum Gasteiger partial charge on any atom is -0.480 e. The molecule has 12 heteroatoms. The van der Waals surface area contributed by atoms with Gasteiger partial charge < -0.3 is 31.4 Å². The van der Waals surface area contributed by atoms with E-state index in [9.17, 15) is 24.3 Å². The highest BCUT2D eigenvalue weighted by atomic mass is 32.2. The number of aromatic amines is 1. The first-order valence-corrected chi connectivity index (χ1v) is 11.5. The van der Waals surface area contributed by atoms with Crippen molar-refractivity contribution in [3.05, 3.63) is 18.2 Å². The highest BCUT2D eigenvalue weighted by Crippen LogP contribution is 2.20. The molecule has 172 valence electrons. The predicted octanol–water partition coefficient (Wildman–Crippen LogP) is -0.902. The number of carbonyl (C=O) groups excluding carboxylic acids is 3. The van der Waals surface area contributed by atoms with Crippen molar-refractivity contribution in [1.82, 2.24) is 25.5 Å². The summed E-state index contributed by atoms with van der Waals surface area (Å²) in [5.74, 6) is -1.93. The number of carboxylic acids is 1. The van der Waals surface area contributed by atoms with Gasteiger partial charge >= 0.3 is 5.97 Å². The van der Waals surface area contributed by atoms with E-state index in [0.717, 1.165) is 0 Å². The minimum atomic E-state index is -1.11. The zero-order chi connectivity index (χ0) is 23.0. The van der Waals surface area contributed by atoms with Crippen molar-refractivity contribution in [1.29, 1.82) is 0 Å². The largest absolute Gasteiger partial charge is 0.480 e. The Morgan fingerprint density at radius 3 is 2.68 bits per heavy atom. The van der Waals surface area contributed by atoms with Gasteiger partial charge in [0, 0.05) is 24.9 Å². The number of rotatable bonds is 11. The van der Waals surface area contributed by atoms with Gasteiger partial charge in [0.05, 0.1) is 12.4 Å². The second kappa shape index (κ2) is 11.7. The molecule has 4 unspecified atom stereocenters. The number of aliphatic carboxylic acids is 1. The van der Waals surface area contributed by atoms with E-state index in [0.29, 0.717) is 30.8 Å². The predicted molar refractivity (Wildman–Crippen MR) is 115 cm³/mol. The summed E-state index contributed by atoms with van der Waals surface area (Å²) in [5.41, 5.74) is 6.28. The lowest BCUT2D eigenvalue weighted by Gasteiger charge is -2.29. The van der Waals surface area contributed by atoms with Crippen molar-refractivity contribution < 1.29 is 24.3 Å². The summed E-state index contributed by atoms with van der Waals surface area (Å²) < 4.78 is 0. The molecule has 1 aliphatic heterocycles. The van der Waals surface area contributed by atoms with Crippen LogP contribution in [0.2, 0.25) is 0 Å². The summed E-state index contributed by atoms with van der Waals surface area (Å²) >= 11 is 1.49. The second-order valence-corrected chi connectivity index (χ2v) is 8.49. The number of nitrogens with zero attached hydrogens (tertiary/aromatic N) is 2. The van der Waals surface area contributed by atoms with Gasteiger partial charge in [0.2, 0.25) is 17.7 Å². The molecule has 0 bridgehead atoms. The number of nitrogens with two attached hydrogens (primary N) is 1. The van der Waals surface area contributed by atoms with Crippen molar-refractivity contribution >= 4 is 35.5 Å². The average molecular weight is 455 g/mol. The highest BCUT2D eigenvalue weighted by molar-refractivity contribution is 7.98. The Morgan fingerprint density at radius 2 is 2.10 bits per heavy atom. The van der Waals surface area contributed by atoms with Crippen LogP contribution in [0.25, 0.3) is 0 Å². The average Bonchev–Trinajstić information content (AvgIpc) is 3.41. The molecule has 11 nitrogen and oxygen atoms in total. The van der Waals surface area contributed by atoms with Crippen LogP contribution in [0, 0.1) is 0 Å². The van der Waals surface area contributed by atoms with Gasteiger partial charge in [-0.2, -0.15) is 11.8 Å². The van der Waals surface area contributed by atoms with Gasteiger partial charge in [-0.25, -0.2) is 9.78 Å². The Balaban J connectivity index is 2.13. The van der Waals surface area contributed by atoms with Crippen molar-refractivity contribution in [2.75, 3.05) is 18.6 Å². The molecule has 1 aliphatic rings. The number of hydrogen-bond donors (Lipinski definition) is 5. The van der Waals surface area contributed by atoms with Crippen LogP contribution in [0.4, 0.5) is 0 Å². The van der Waals surface area contributed by atoms with E-state index in [1.54, 1.807) is 6.20 Å². The number of aromatic nitrogens is 2. The Kier molecular flexibility index (Phi) is 9.31. The molecule has 1 saturated heterocycles. The summed E-state index contributed by atoms with van der Waals surface area (Å²) in [6, 6.07) is -3.54. The summed E-state index contributed by atoms with van der Waals surface area (Å²) in [5, 5.41) is 14.6. The maximum absolute atomic E-state index is 13.3. The first kappa shape index (κ1) is 24.7. The zero-order valence-corrected chi connectivity index (χ0v) is 18.5. The van der Waals surface area contributed by atoms with Crippen LogP contribution in [0.15, 0.2) is 12.5 Å². The molecule has 3 amide bonds. The summed E-state index contributed by atoms with van der Waals surface area (Å²) in [6.45, 7) is 1.85. The summed E-state index contributed by atoms with van der Waals surface area (Å²) in [4.78, 5) is 57.9. The Hall–Kier alpha value is -2.60. The number of amides is 3. The lowest BCUT2D eigenvalue weighted by Crippen LogP contribution is -2.57. The molecule has 1 aromatic heterocycles. The second-order valence-electron chi connectivity index (χ2n) is 7.50. The molecule has 1 aromatic rings. The van der Waals surface area contributed by atoms with E-state index in [1.807, 2.05) is 6.26 Å². The summed E-state index contributed by atoms with van der Waals surface area (Å²) in [6.07, 6.45) is 6.35. The van der Waals surface area contributed by atoms with Gasteiger partial charge in [0.1, 0.15) is 18.1 Å². The molecular formula is C19H30N6O5S. The highest BCUT2D eigenvalue weighted by Gasteiger charge is 2.39. The Labute approximate surface area is 184 Å². The first-order valence-electron chi connectivity index (χ1n) is 10.1. The fourth-order valence-electron chi connectivity index (χ4n) is 3.38. The first-order chi connectivity index (χ1) is 14.7. The third-order valence-corrected chi connectivity index (χ3v) is 5.71. The monoisotopic (exact) mass is 454 g/mol. The molecule has 2 rings (SSSR count). The van der Waals surface area contributed by atoms with Gasteiger partial charge in [0.15, 0.2) is 0 Å². The molecular weight excluding hydrogens is 424 g/mol. The lowest BCUT2D eigenvalue weighted by molar-refractivity contribution is -0.145. The number of imidazole rings is 1. The maximum Gasteiger partial charge on any atom is 0.326 e. The van der Waals surface area contributed by atoms with Crippen molar-refractivity contribution in [3.8, 4) is 0 Å². The quantitative estimate of drug-likeness (QED) is 0.286.